The second kappa shape index (κ2) is 7.91. The third-order valence-corrected chi connectivity index (χ3v) is 3.42. The third kappa shape index (κ3) is 4.96. The molecule has 112 valence electrons. The van der Waals surface area contributed by atoms with Crippen LogP contribution in [0.4, 0.5) is 4.39 Å². The average molecular weight is 286 g/mol. The van der Waals surface area contributed by atoms with Gasteiger partial charge in [-0.15, -0.1) is 0 Å². The summed E-state index contributed by atoms with van der Waals surface area (Å²) in [5, 5.41) is 3.27. The maximum absolute atomic E-state index is 13.9. The van der Waals surface area contributed by atoms with Crippen molar-refractivity contribution in [3.8, 4) is 0 Å². The number of nitrogens with one attached hydrogen (secondary N) is 1. The Hall–Kier alpha value is -1.71. The Kier molecular flexibility index (Phi) is 5.90. The Morgan fingerprint density at radius 2 is 1.76 bits per heavy atom. The molecular weight excluding hydrogens is 263 g/mol. The van der Waals surface area contributed by atoms with E-state index in [0.717, 1.165) is 30.8 Å². The summed E-state index contributed by atoms with van der Waals surface area (Å²) in [5.41, 5.74) is 3.12. The number of rotatable bonds is 7. The lowest BCUT2D eigenvalue weighted by molar-refractivity contribution is 0.313. The van der Waals surface area contributed by atoms with Crippen molar-refractivity contribution in [2.45, 2.75) is 26.6 Å². The van der Waals surface area contributed by atoms with Gasteiger partial charge in [-0.3, -0.25) is 4.90 Å². The summed E-state index contributed by atoms with van der Waals surface area (Å²) in [7, 11) is 2.02. The van der Waals surface area contributed by atoms with E-state index in [-0.39, 0.29) is 5.82 Å². The van der Waals surface area contributed by atoms with Crippen molar-refractivity contribution in [2.24, 2.45) is 0 Å². The molecule has 0 aromatic heterocycles. The first-order valence-electron chi connectivity index (χ1n) is 7.39. The molecule has 0 amide bonds. The molecule has 0 heterocycles. The standard InChI is InChI=1S/C18H23FN2/c1-3-20-12-16-9-10-18(19)17(11-16)14-21(2)13-15-7-5-4-6-8-15/h4-11,20H,3,12-14H2,1-2H3. The molecule has 0 aliphatic heterocycles. The van der Waals surface area contributed by atoms with Crippen LogP contribution in [0.3, 0.4) is 0 Å². The Labute approximate surface area is 126 Å². The van der Waals surface area contributed by atoms with Crippen LogP contribution in [0.15, 0.2) is 48.5 Å². The van der Waals surface area contributed by atoms with Crippen molar-refractivity contribution in [1.29, 1.82) is 0 Å². The number of nitrogens with zero attached hydrogens (tertiary/aromatic N) is 1. The van der Waals surface area contributed by atoms with Crippen LogP contribution in [0.25, 0.3) is 0 Å². The zero-order valence-electron chi connectivity index (χ0n) is 12.8. The minimum Gasteiger partial charge on any atom is -0.313 e. The van der Waals surface area contributed by atoms with Gasteiger partial charge < -0.3 is 5.32 Å². The molecule has 3 heteroatoms. The Morgan fingerprint density at radius 1 is 1.00 bits per heavy atom. The first kappa shape index (κ1) is 15.7. The topological polar surface area (TPSA) is 15.3 Å². The van der Waals surface area contributed by atoms with E-state index in [1.807, 2.05) is 37.4 Å². The third-order valence-electron chi connectivity index (χ3n) is 3.42. The minimum absolute atomic E-state index is 0.129. The van der Waals surface area contributed by atoms with Crippen LogP contribution >= 0.6 is 0 Å². The van der Waals surface area contributed by atoms with Crippen LogP contribution in [0.5, 0.6) is 0 Å². The maximum atomic E-state index is 13.9. The Bertz CT molecular complexity index is 554. The van der Waals surface area contributed by atoms with E-state index >= 15 is 0 Å². The van der Waals surface area contributed by atoms with Gasteiger partial charge in [0.25, 0.3) is 0 Å². The fourth-order valence-electron chi connectivity index (χ4n) is 2.37. The Morgan fingerprint density at radius 3 is 2.48 bits per heavy atom. The lowest BCUT2D eigenvalue weighted by Gasteiger charge is -2.18. The lowest BCUT2D eigenvalue weighted by Crippen LogP contribution is -2.18. The maximum Gasteiger partial charge on any atom is 0.127 e. The molecule has 0 unspecified atom stereocenters. The zero-order chi connectivity index (χ0) is 15.1. The number of benzene rings is 2. The van der Waals surface area contributed by atoms with Crippen LogP contribution in [0.1, 0.15) is 23.6 Å². The van der Waals surface area contributed by atoms with Crippen LogP contribution in [0, 0.1) is 5.82 Å². The molecule has 2 nitrogen and oxygen atoms in total. The SMILES string of the molecule is CCNCc1ccc(F)c(CN(C)Cc2ccccc2)c1. The van der Waals surface area contributed by atoms with Crippen molar-refractivity contribution >= 4 is 0 Å². The molecule has 2 rings (SSSR count). The molecule has 0 saturated heterocycles. The van der Waals surface area contributed by atoms with E-state index in [0.29, 0.717) is 6.54 Å². The summed E-state index contributed by atoms with van der Waals surface area (Å²) in [4.78, 5) is 2.13. The highest BCUT2D eigenvalue weighted by Gasteiger charge is 2.07. The summed E-state index contributed by atoms with van der Waals surface area (Å²) in [6.07, 6.45) is 0. The largest absolute Gasteiger partial charge is 0.313 e. The first-order chi connectivity index (χ1) is 10.2. The second-order valence-electron chi connectivity index (χ2n) is 5.36. The van der Waals surface area contributed by atoms with Gasteiger partial charge in [-0.25, -0.2) is 4.39 Å². The molecule has 0 bridgehead atoms. The molecule has 2 aromatic carbocycles. The van der Waals surface area contributed by atoms with Crippen molar-refractivity contribution in [3.05, 3.63) is 71.0 Å². The molecule has 21 heavy (non-hydrogen) atoms. The van der Waals surface area contributed by atoms with Gasteiger partial charge in [0.15, 0.2) is 0 Å². The summed E-state index contributed by atoms with van der Waals surface area (Å²) in [6.45, 7) is 5.20. The van der Waals surface area contributed by atoms with Crippen molar-refractivity contribution < 1.29 is 4.39 Å². The van der Waals surface area contributed by atoms with Gasteiger partial charge in [0.1, 0.15) is 5.82 Å². The predicted octanol–water partition coefficient (Wildman–Crippen LogP) is 3.57. The summed E-state index contributed by atoms with van der Waals surface area (Å²) in [5.74, 6) is -0.129. The van der Waals surface area contributed by atoms with Gasteiger partial charge in [-0.1, -0.05) is 49.4 Å². The highest BCUT2D eigenvalue weighted by Crippen LogP contribution is 2.14. The van der Waals surface area contributed by atoms with Gasteiger partial charge in [0.2, 0.25) is 0 Å². The molecule has 0 fully saturated rings. The lowest BCUT2D eigenvalue weighted by atomic mass is 10.1. The fourth-order valence-corrected chi connectivity index (χ4v) is 2.37. The van der Waals surface area contributed by atoms with Gasteiger partial charge in [-0.05, 0) is 30.8 Å². The number of hydrogen-bond donors (Lipinski definition) is 1. The monoisotopic (exact) mass is 286 g/mol. The van der Waals surface area contributed by atoms with Gasteiger partial charge >= 0.3 is 0 Å². The van der Waals surface area contributed by atoms with E-state index in [1.54, 1.807) is 6.07 Å². The first-order valence-corrected chi connectivity index (χ1v) is 7.39. The van der Waals surface area contributed by atoms with E-state index < -0.39 is 0 Å². The van der Waals surface area contributed by atoms with Gasteiger partial charge in [0.05, 0.1) is 0 Å². The second-order valence-corrected chi connectivity index (χ2v) is 5.36. The highest BCUT2D eigenvalue weighted by molar-refractivity contribution is 5.25. The fraction of sp³-hybridized carbons (Fsp3) is 0.333. The van der Waals surface area contributed by atoms with Crippen LogP contribution in [-0.2, 0) is 19.6 Å². The van der Waals surface area contributed by atoms with E-state index in [2.05, 4.69) is 29.3 Å². The van der Waals surface area contributed by atoms with Crippen molar-refractivity contribution in [3.63, 3.8) is 0 Å². The summed E-state index contributed by atoms with van der Waals surface area (Å²) >= 11 is 0. The van der Waals surface area contributed by atoms with E-state index in [1.165, 1.54) is 5.56 Å². The number of hydrogen-bond acceptors (Lipinski definition) is 2. The molecule has 1 N–H and O–H groups in total. The normalized spacial score (nSPS) is 11.0. The van der Waals surface area contributed by atoms with Crippen LogP contribution in [0.2, 0.25) is 0 Å². The minimum atomic E-state index is -0.129. The molecule has 0 saturated carbocycles. The molecule has 2 aromatic rings. The summed E-state index contributed by atoms with van der Waals surface area (Å²) in [6, 6.07) is 15.6. The van der Waals surface area contributed by atoms with E-state index in [4.69, 9.17) is 0 Å². The quantitative estimate of drug-likeness (QED) is 0.837. The van der Waals surface area contributed by atoms with Crippen molar-refractivity contribution in [1.82, 2.24) is 10.2 Å². The zero-order valence-corrected chi connectivity index (χ0v) is 12.8. The smallest absolute Gasteiger partial charge is 0.127 e. The van der Waals surface area contributed by atoms with Crippen LogP contribution in [-0.4, -0.2) is 18.5 Å². The number of halogens is 1. The van der Waals surface area contributed by atoms with Crippen molar-refractivity contribution in [2.75, 3.05) is 13.6 Å². The summed E-state index contributed by atoms with van der Waals surface area (Å²) < 4.78 is 13.9. The molecule has 0 spiro atoms. The van der Waals surface area contributed by atoms with Crippen LogP contribution < -0.4 is 5.32 Å². The van der Waals surface area contributed by atoms with Gasteiger partial charge in [0, 0.05) is 25.2 Å². The van der Waals surface area contributed by atoms with E-state index in [9.17, 15) is 4.39 Å². The predicted molar refractivity (Wildman–Crippen MR) is 85.4 cm³/mol. The molecule has 0 aliphatic carbocycles. The molecule has 0 aliphatic rings. The Balaban J connectivity index is 2.00. The average Bonchev–Trinajstić information content (AvgIpc) is 2.49. The highest BCUT2D eigenvalue weighted by atomic mass is 19.1. The molecular formula is C18H23FN2. The van der Waals surface area contributed by atoms with Gasteiger partial charge in [-0.2, -0.15) is 0 Å². The molecule has 0 radical (unpaired) electrons. The molecule has 0 atom stereocenters.